The third-order valence-electron chi connectivity index (χ3n) is 4.77. The van der Waals surface area contributed by atoms with E-state index in [1.54, 1.807) is 29.1 Å². The molecule has 3 aromatic rings. The summed E-state index contributed by atoms with van der Waals surface area (Å²) in [5.41, 5.74) is 2.58. The molecule has 0 aliphatic rings. The lowest BCUT2D eigenvalue weighted by atomic mass is 10.0. The number of hydrogen-bond acceptors (Lipinski definition) is 5. The molecule has 2 aromatic heterocycles. The van der Waals surface area contributed by atoms with E-state index in [0.717, 1.165) is 18.4 Å². The van der Waals surface area contributed by atoms with E-state index in [2.05, 4.69) is 15.4 Å². The van der Waals surface area contributed by atoms with Gasteiger partial charge in [0.05, 0.1) is 34.1 Å². The molecule has 0 aliphatic carbocycles. The van der Waals surface area contributed by atoms with Gasteiger partial charge in [0, 0.05) is 23.7 Å². The van der Waals surface area contributed by atoms with Crippen LogP contribution in [0.3, 0.4) is 0 Å². The van der Waals surface area contributed by atoms with Crippen molar-refractivity contribution in [1.29, 1.82) is 0 Å². The van der Waals surface area contributed by atoms with E-state index in [0.29, 0.717) is 28.3 Å². The second kappa shape index (κ2) is 8.97. The first-order valence-corrected chi connectivity index (χ1v) is 11.7. The molecule has 0 saturated carbocycles. The molecule has 158 valence electrons. The van der Waals surface area contributed by atoms with Gasteiger partial charge in [-0.25, -0.2) is 13.1 Å². The highest BCUT2D eigenvalue weighted by atomic mass is 35.5. The van der Waals surface area contributed by atoms with Gasteiger partial charge in [-0.05, 0) is 49.2 Å². The molecule has 0 fully saturated rings. The fraction of sp³-hybridized carbons (Fsp3) is 0.286. The smallest absolute Gasteiger partial charge is 0.255 e. The summed E-state index contributed by atoms with van der Waals surface area (Å²) in [6.45, 7) is 3.81. The quantitative estimate of drug-likeness (QED) is 0.593. The van der Waals surface area contributed by atoms with Crippen molar-refractivity contribution in [3.63, 3.8) is 0 Å². The lowest BCUT2D eigenvalue weighted by Crippen LogP contribution is -2.29. The molecule has 9 heteroatoms. The Morgan fingerprint density at radius 3 is 2.53 bits per heavy atom. The van der Waals surface area contributed by atoms with Crippen molar-refractivity contribution in [2.45, 2.75) is 37.6 Å². The minimum absolute atomic E-state index is 0.127. The monoisotopic (exact) mass is 446 g/mol. The Bertz CT molecular complexity index is 1160. The molecule has 1 aromatic carbocycles. The van der Waals surface area contributed by atoms with E-state index in [4.69, 9.17) is 11.6 Å². The maximum Gasteiger partial charge on any atom is 0.255 e. The molecule has 7 nitrogen and oxygen atoms in total. The zero-order valence-corrected chi connectivity index (χ0v) is 18.5. The Balaban J connectivity index is 1.87. The molecule has 1 atom stereocenters. The number of carbonyl (C=O) groups excluding carboxylic acids is 1. The summed E-state index contributed by atoms with van der Waals surface area (Å²) in [6.07, 6.45) is 6.99. The highest BCUT2D eigenvalue weighted by Gasteiger charge is 2.21. The number of nitrogens with zero attached hydrogens (tertiary/aromatic N) is 3. The van der Waals surface area contributed by atoms with Gasteiger partial charge in [-0.3, -0.25) is 9.78 Å². The predicted molar refractivity (Wildman–Crippen MR) is 116 cm³/mol. The number of rotatable bonds is 7. The van der Waals surface area contributed by atoms with E-state index in [1.165, 1.54) is 12.4 Å². The summed E-state index contributed by atoms with van der Waals surface area (Å²) in [6, 6.07) is 8.37. The standard InChI is InChI=1S/C21H23ClN4O3S/c1-4-5-20(15-10-18(12-23-11-15)30(3,28)29)25-21(27)19-13-24-26(14(19)2)17-8-6-16(22)7-9-17/h6-13,20H,4-5H2,1-3H3,(H,25,27)/t20-/m0/s1. The number of aromatic nitrogens is 3. The molecular weight excluding hydrogens is 424 g/mol. The molecule has 30 heavy (non-hydrogen) atoms. The zero-order valence-electron chi connectivity index (χ0n) is 17.0. The first-order valence-electron chi connectivity index (χ1n) is 9.47. The molecule has 1 N–H and O–H groups in total. The summed E-state index contributed by atoms with van der Waals surface area (Å²) in [4.78, 5) is 17.2. The first-order chi connectivity index (χ1) is 14.2. The van der Waals surface area contributed by atoms with Crippen molar-refractivity contribution in [2.75, 3.05) is 6.26 Å². The van der Waals surface area contributed by atoms with Gasteiger partial charge in [0.1, 0.15) is 0 Å². The maximum absolute atomic E-state index is 13.0. The lowest BCUT2D eigenvalue weighted by Gasteiger charge is -2.19. The minimum Gasteiger partial charge on any atom is -0.345 e. The molecule has 0 aliphatic heterocycles. The van der Waals surface area contributed by atoms with Gasteiger partial charge >= 0.3 is 0 Å². The van der Waals surface area contributed by atoms with Crippen LogP contribution in [0.15, 0.2) is 53.8 Å². The van der Waals surface area contributed by atoms with Crippen LogP contribution < -0.4 is 5.32 Å². The Morgan fingerprint density at radius 2 is 1.90 bits per heavy atom. The molecule has 0 bridgehead atoms. The average molecular weight is 447 g/mol. The number of nitrogens with one attached hydrogen (secondary N) is 1. The Kier molecular flexibility index (Phi) is 6.58. The van der Waals surface area contributed by atoms with Crippen LogP contribution in [0.5, 0.6) is 0 Å². The summed E-state index contributed by atoms with van der Waals surface area (Å²) >= 11 is 5.94. The van der Waals surface area contributed by atoms with Crippen LogP contribution in [0.2, 0.25) is 5.02 Å². The minimum atomic E-state index is -3.39. The van der Waals surface area contributed by atoms with Crippen molar-refractivity contribution >= 4 is 27.3 Å². The van der Waals surface area contributed by atoms with Gasteiger partial charge in [-0.2, -0.15) is 5.10 Å². The van der Waals surface area contributed by atoms with Gasteiger partial charge in [0.2, 0.25) is 0 Å². The third-order valence-corrected chi connectivity index (χ3v) is 6.10. The lowest BCUT2D eigenvalue weighted by molar-refractivity contribution is 0.0933. The molecule has 0 radical (unpaired) electrons. The Hall–Kier alpha value is -2.71. The number of amides is 1. The Morgan fingerprint density at radius 1 is 1.20 bits per heavy atom. The van der Waals surface area contributed by atoms with E-state index < -0.39 is 9.84 Å². The molecule has 0 spiro atoms. The van der Waals surface area contributed by atoms with Crippen LogP contribution in [-0.4, -0.2) is 35.3 Å². The third kappa shape index (κ3) is 4.88. The summed E-state index contributed by atoms with van der Waals surface area (Å²) in [7, 11) is -3.39. The topological polar surface area (TPSA) is 93.9 Å². The van der Waals surface area contributed by atoms with E-state index in [1.807, 2.05) is 26.0 Å². The fourth-order valence-electron chi connectivity index (χ4n) is 3.15. The predicted octanol–water partition coefficient (Wildman–Crippen LogP) is 3.90. The SMILES string of the molecule is CCC[C@H](NC(=O)c1cnn(-c2ccc(Cl)cc2)c1C)c1cncc(S(C)(=O)=O)c1. The number of pyridine rings is 1. The van der Waals surface area contributed by atoms with Crippen molar-refractivity contribution in [2.24, 2.45) is 0 Å². The van der Waals surface area contributed by atoms with Gasteiger partial charge < -0.3 is 5.32 Å². The van der Waals surface area contributed by atoms with Crippen LogP contribution in [0.1, 0.15) is 47.4 Å². The highest BCUT2D eigenvalue weighted by molar-refractivity contribution is 7.90. The summed E-state index contributed by atoms with van der Waals surface area (Å²) in [5, 5.41) is 7.95. The number of hydrogen-bond donors (Lipinski definition) is 1. The second-order valence-corrected chi connectivity index (χ2v) is 9.52. The van der Waals surface area contributed by atoms with Crippen LogP contribution in [0.25, 0.3) is 5.69 Å². The normalized spacial score (nSPS) is 12.5. The van der Waals surface area contributed by atoms with Crippen LogP contribution in [0.4, 0.5) is 0 Å². The zero-order chi connectivity index (χ0) is 21.9. The van der Waals surface area contributed by atoms with Gasteiger partial charge in [-0.1, -0.05) is 24.9 Å². The molecular formula is C21H23ClN4O3S. The number of halogens is 1. The molecule has 3 rings (SSSR count). The molecule has 1 amide bonds. The fourth-order valence-corrected chi connectivity index (χ4v) is 3.88. The van der Waals surface area contributed by atoms with Gasteiger partial charge in [-0.15, -0.1) is 0 Å². The number of carbonyl (C=O) groups is 1. The molecule has 0 saturated heterocycles. The van der Waals surface area contributed by atoms with E-state index in [9.17, 15) is 13.2 Å². The van der Waals surface area contributed by atoms with Crippen molar-refractivity contribution in [3.8, 4) is 5.69 Å². The van der Waals surface area contributed by atoms with Gasteiger partial charge in [0.25, 0.3) is 5.91 Å². The van der Waals surface area contributed by atoms with E-state index >= 15 is 0 Å². The summed E-state index contributed by atoms with van der Waals surface area (Å²) < 4.78 is 25.4. The number of benzene rings is 1. The van der Waals surface area contributed by atoms with Crippen LogP contribution in [0, 0.1) is 6.92 Å². The second-order valence-electron chi connectivity index (χ2n) is 7.07. The number of sulfone groups is 1. The van der Waals surface area contributed by atoms with E-state index in [-0.39, 0.29) is 16.8 Å². The van der Waals surface area contributed by atoms with Crippen LogP contribution in [-0.2, 0) is 9.84 Å². The van der Waals surface area contributed by atoms with Crippen LogP contribution >= 0.6 is 11.6 Å². The summed E-state index contributed by atoms with van der Waals surface area (Å²) in [5.74, 6) is -0.282. The largest absolute Gasteiger partial charge is 0.345 e. The van der Waals surface area contributed by atoms with Gasteiger partial charge in [0.15, 0.2) is 9.84 Å². The average Bonchev–Trinajstić information content (AvgIpc) is 3.09. The highest BCUT2D eigenvalue weighted by Crippen LogP contribution is 2.22. The molecule has 2 heterocycles. The molecule has 0 unspecified atom stereocenters. The maximum atomic E-state index is 13.0. The van der Waals surface area contributed by atoms with Crippen molar-refractivity contribution in [3.05, 3.63) is 70.8 Å². The first kappa shape index (κ1) is 22.0. The Labute approximate surface area is 181 Å². The van der Waals surface area contributed by atoms with Crippen molar-refractivity contribution < 1.29 is 13.2 Å². The van der Waals surface area contributed by atoms with Crippen molar-refractivity contribution in [1.82, 2.24) is 20.1 Å².